The van der Waals surface area contributed by atoms with Crippen LogP contribution in [0.25, 0.3) is 0 Å². The monoisotopic (exact) mass is 387 g/mol. The molecular weight excluding hydrogens is 373 g/mol. The fourth-order valence-corrected chi connectivity index (χ4v) is 2.88. The zero-order chi connectivity index (χ0) is 13.8. The van der Waals surface area contributed by atoms with Gasteiger partial charge in [0.1, 0.15) is 5.75 Å². The molecule has 5 heteroatoms. The summed E-state index contributed by atoms with van der Waals surface area (Å²) >= 11 is 3.75. The number of hydrogen-bond donors (Lipinski definition) is 1. The second-order valence-corrected chi connectivity index (χ2v) is 7.06. The molecule has 0 atom stereocenters. The van der Waals surface area contributed by atoms with Crippen molar-refractivity contribution in [1.82, 2.24) is 0 Å². The van der Waals surface area contributed by atoms with Gasteiger partial charge in [0.15, 0.2) is 0 Å². The van der Waals surface area contributed by atoms with Crippen LogP contribution in [-0.2, 0) is 0 Å². The van der Waals surface area contributed by atoms with Crippen LogP contribution in [0.1, 0.15) is 24.2 Å². The number of para-hydroxylation sites is 2. The van der Waals surface area contributed by atoms with E-state index in [1.165, 1.54) is 0 Å². The minimum Gasteiger partial charge on any atom is -0.489 e. The number of nitrogens with one attached hydrogen (secondary N) is 1. The highest BCUT2D eigenvalue weighted by molar-refractivity contribution is 14.1. The minimum absolute atomic E-state index is 0.0696. The van der Waals surface area contributed by atoms with Crippen LogP contribution in [0.2, 0.25) is 0 Å². The van der Waals surface area contributed by atoms with E-state index < -0.39 is 0 Å². The fraction of sp³-hybridized carbons (Fsp3) is 0.214. The Morgan fingerprint density at radius 1 is 1.37 bits per heavy atom. The highest BCUT2D eigenvalue weighted by atomic mass is 127. The zero-order valence-corrected chi connectivity index (χ0v) is 13.6. The smallest absolute Gasteiger partial charge is 0.256 e. The Balaban J connectivity index is 2.16. The fourth-order valence-electron chi connectivity index (χ4n) is 1.55. The van der Waals surface area contributed by atoms with Gasteiger partial charge in [0.2, 0.25) is 0 Å². The van der Waals surface area contributed by atoms with E-state index in [1.54, 1.807) is 11.3 Å². The number of hydrogen-bond acceptors (Lipinski definition) is 3. The standard InChI is InChI=1S/C14H14INO2S/c1-9(2)18-12-6-4-3-5-11(12)16-14(17)10-7-13(15)19-8-10/h3-9H,1-2H3,(H,16,17). The van der Waals surface area contributed by atoms with Crippen molar-refractivity contribution in [1.29, 1.82) is 0 Å². The number of ether oxygens (including phenoxy) is 1. The first-order valence-electron chi connectivity index (χ1n) is 5.87. The first-order chi connectivity index (χ1) is 9.06. The lowest BCUT2D eigenvalue weighted by atomic mass is 10.2. The van der Waals surface area contributed by atoms with E-state index in [0.29, 0.717) is 17.0 Å². The van der Waals surface area contributed by atoms with Crippen LogP contribution in [0.4, 0.5) is 5.69 Å². The van der Waals surface area contributed by atoms with E-state index in [2.05, 4.69) is 27.9 Å². The number of carbonyl (C=O) groups is 1. The molecule has 0 spiro atoms. The third-order valence-electron chi connectivity index (χ3n) is 2.33. The van der Waals surface area contributed by atoms with Crippen LogP contribution >= 0.6 is 33.9 Å². The summed E-state index contributed by atoms with van der Waals surface area (Å²) in [5.74, 6) is 0.578. The third-order valence-corrected chi connectivity index (χ3v) is 4.12. The molecule has 19 heavy (non-hydrogen) atoms. The highest BCUT2D eigenvalue weighted by Gasteiger charge is 2.11. The van der Waals surface area contributed by atoms with Gasteiger partial charge in [-0.15, -0.1) is 11.3 Å². The molecule has 0 unspecified atom stereocenters. The van der Waals surface area contributed by atoms with Crippen molar-refractivity contribution < 1.29 is 9.53 Å². The van der Waals surface area contributed by atoms with Gasteiger partial charge in [0.05, 0.1) is 20.2 Å². The van der Waals surface area contributed by atoms with Gasteiger partial charge in [-0.2, -0.15) is 0 Å². The van der Waals surface area contributed by atoms with Crippen LogP contribution in [-0.4, -0.2) is 12.0 Å². The van der Waals surface area contributed by atoms with Gasteiger partial charge in [0.25, 0.3) is 5.91 Å². The van der Waals surface area contributed by atoms with E-state index in [1.807, 2.05) is 49.6 Å². The molecular formula is C14H14INO2S. The second-order valence-electron chi connectivity index (χ2n) is 4.26. The number of anilines is 1. The molecule has 0 fully saturated rings. The Labute approximate surface area is 130 Å². The SMILES string of the molecule is CC(C)Oc1ccccc1NC(=O)c1csc(I)c1. The first-order valence-corrected chi connectivity index (χ1v) is 7.83. The second kappa shape index (κ2) is 6.38. The van der Waals surface area contributed by atoms with Crippen molar-refractivity contribution in [3.05, 3.63) is 44.2 Å². The van der Waals surface area contributed by atoms with Crippen LogP contribution < -0.4 is 10.1 Å². The topological polar surface area (TPSA) is 38.3 Å². The van der Waals surface area contributed by atoms with Crippen LogP contribution in [0.5, 0.6) is 5.75 Å². The Morgan fingerprint density at radius 3 is 2.74 bits per heavy atom. The first kappa shape index (κ1) is 14.3. The number of amides is 1. The van der Waals surface area contributed by atoms with Crippen molar-refractivity contribution >= 4 is 45.5 Å². The quantitative estimate of drug-likeness (QED) is 0.791. The summed E-state index contributed by atoms with van der Waals surface area (Å²) in [6.45, 7) is 3.92. The number of carbonyl (C=O) groups excluding carboxylic acids is 1. The average Bonchev–Trinajstić information content (AvgIpc) is 2.78. The van der Waals surface area contributed by atoms with Crippen LogP contribution in [0.15, 0.2) is 35.7 Å². The Bertz CT molecular complexity index is 580. The Kier molecular flexibility index (Phi) is 4.81. The maximum absolute atomic E-state index is 12.1. The van der Waals surface area contributed by atoms with Crippen molar-refractivity contribution in [3.63, 3.8) is 0 Å². The number of rotatable bonds is 4. The summed E-state index contributed by atoms with van der Waals surface area (Å²) in [6.07, 6.45) is 0.0696. The van der Waals surface area contributed by atoms with Gasteiger partial charge in [-0.3, -0.25) is 4.79 Å². The van der Waals surface area contributed by atoms with Gasteiger partial charge in [-0.25, -0.2) is 0 Å². The van der Waals surface area contributed by atoms with Gasteiger partial charge >= 0.3 is 0 Å². The molecule has 100 valence electrons. The third kappa shape index (κ3) is 3.94. The molecule has 1 N–H and O–H groups in total. The molecule has 1 aromatic carbocycles. The molecule has 3 nitrogen and oxygen atoms in total. The lowest BCUT2D eigenvalue weighted by Crippen LogP contribution is -2.13. The molecule has 1 heterocycles. The van der Waals surface area contributed by atoms with E-state index in [-0.39, 0.29) is 12.0 Å². The lowest BCUT2D eigenvalue weighted by Gasteiger charge is -2.14. The number of benzene rings is 1. The normalized spacial score (nSPS) is 10.5. The molecule has 0 radical (unpaired) electrons. The number of thiophene rings is 1. The molecule has 0 aliphatic carbocycles. The van der Waals surface area contributed by atoms with Gasteiger partial charge in [-0.05, 0) is 54.6 Å². The van der Waals surface area contributed by atoms with Crippen molar-refractivity contribution in [2.75, 3.05) is 5.32 Å². The minimum atomic E-state index is -0.112. The Hall–Kier alpha value is -1.08. The average molecular weight is 387 g/mol. The predicted molar refractivity (Wildman–Crippen MR) is 87.2 cm³/mol. The largest absolute Gasteiger partial charge is 0.489 e. The molecule has 1 amide bonds. The van der Waals surface area contributed by atoms with E-state index in [4.69, 9.17) is 4.74 Å². The lowest BCUT2D eigenvalue weighted by molar-refractivity contribution is 0.102. The summed E-state index contributed by atoms with van der Waals surface area (Å²) < 4.78 is 6.77. The molecule has 2 aromatic rings. The van der Waals surface area contributed by atoms with Crippen LogP contribution in [0, 0.1) is 2.88 Å². The maximum Gasteiger partial charge on any atom is 0.256 e. The summed E-state index contributed by atoms with van der Waals surface area (Å²) in [5, 5.41) is 4.74. The van der Waals surface area contributed by atoms with Crippen LogP contribution in [0.3, 0.4) is 0 Å². The molecule has 0 aliphatic heterocycles. The van der Waals surface area contributed by atoms with E-state index >= 15 is 0 Å². The summed E-state index contributed by atoms with van der Waals surface area (Å²) in [6, 6.07) is 9.33. The Morgan fingerprint density at radius 2 is 2.11 bits per heavy atom. The van der Waals surface area contributed by atoms with E-state index in [0.717, 1.165) is 2.88 Å². The molecule has 0 bridgehead atoms. The highest BCUT2D eigenvalue weighted by Crippen LogP contribution is 2.26. The molecule has 0 saturated heterocycles. The number of halogens is 1. The van der Waals surface area contributed by atoms with Crippen molar-refractivity contribution in [3.8, 4) is 5.75 Å². The van der Waals surface area contributed by atoms with Gasteiger partial charge < -0.3 is 10.1 Å². The van der Waals surface area contributed by atoms with Gasteiger partial charge in [-0.1, -0.05) is 12.1 Å². The maximum atomic E-state index is 12.1. The summed E-state index contributed by atoms with van der Waals surface area (Å²) in [7, 11) is 0. The molecule has 0 aliphatic rings. The predicted octanol–water partition coefficient (Wildman–Crippen LogP) is 4.39. The van der Waals surface area contributed by atoms with Gasteiger partial charge in [0, 0.05) is 5.38 Å². The zero-order valence-electron chi connectivity index (χ0n) is 10.6. The molecule has 2 rings (SSSR count). The van der Waals surface area contributed by atoms with Crippen molar-refractivity contribution in [2.24, 2.45) is 0 Å². The molecule has 1 aromatic heterocycles. The molecule has 0 saturated carbocycles. The van der Waals surface area contributed by atoms with E-state index in [9.17, 15) is 4.79 Å². The summed E-state index contributed by atoms with van der Waals surface area (Å²) in [5.41, 5.74) is 1.37. The summed E-state index contributed by atoms with van der Waals surface area (Å²) in [4.78, 5) is 12.1. The van der Waals surface area contributed by atoms with Crippen molar-refractivity contribution in [2.45, 2.75) is 20.0 Å².